The number of rotatable bonds is 3. The summed E-state index contributed by atoms with van der Waals surface area (Å²) < 4.78 is 10.6. The topological polar surface area (TPSA) is 126 Å². The fourth-order valence-electron chi connectivity index (χ4n) is 8.78. The van der Waals surface area contributed by atoms with Gasteiger partial charge in [-0.2, -0.15) is 0 Å². The van der Waals surface area contributed by atoms with Crippen LogP contribution in [0, 0.1) is 28.6 Å². The minimum Gasteiger partial charge on any atom is -0.462 e. The van der Waals surface area contributed by atoms with Gasteiger partial charge in [-0.25, -0.2) is 4.79 Å². The zero-order valence-corrected chi connectivity index (χ0v) is 19.5. The molecule has 5 aliphatic rings. The van der Waals surface area contributed by atoms with Crippen molar-refractivity contribution in [3.63, 3.8) is 0 Å². The lowest BCUT2D eigenvalue weighted by molar-refractivity contribution is -0.239. The average Bonchev–Trinajstić information content (AvgIpc) is 3.28. The molecule has 33 heavy (non-hydrogen) atoms. The van der Waals surface area contributed by atoms with E-state index >= 15 is 0 Å². The molecule has 0 amide bonds. The highest BCUT2D eigenvalue weighted by Gasteiger charge is 2.71. The molecule has 0 radical (unpaired) electrons. The van der Waals surface area contributed by atoms with Crippen LogP contribution < -0.4 is 0 Å². The minimum absolute atomic E-state index is 0.0438. The Labute approximate surface area is 194 Å². The molecule has 6 unspecified atom stereocenters. The van der Waals surface area contributed by atoms with Crippen LogP contribution in [0.15, 0.2) is 16.8 Å². The van der Waals surface area contributed by atoms with Gasteiger partial charge in [-0.05, 0) is 74.7 Å². The number of aliphatic hydroxyl groups is 2. The summed E-state index contributed by atoms with van der Waals surface area (Å²) in [6.07, 6.45) is 8.28. The number of cyclic esters (lactones) is 1. The van der Waals surface area contributed by atoms with Crippen LogP contribution in [0.1, 0.15) is 71.6 Å². The van der Waals surface area contributed by atoms with E-state index in [4.69, 9.17) is 9.47 Å². The standard InChI is InChI=1S/C25H35NO7/c1-15(27)33-17-3-8-23(14-26-31)19-4-7-22(2)18(16-11-21(28)32-13-16)6-10-25(22,30)20(19)5-9-24(23,29)12-17/h11,14,17-20,29-31H,3-10,12-13H2,1-2H3/b26-14+/t17?,18?,19?,20?,22-,23+,24?,25?/m1/s1. The highest BCUT2D eigenvalue weighted by molar-refractivity contribution is 5.85. The first-order chi connectivity index (χ1) is 15.6. The Morgan fingerprint density at radius 2 is 1.91 bits per heavy atom. The molecule has 182 valence electrons. The van der Waals surface area contributed by atoms with Crippen LogP contribution in [0.2, 0.25) is 0 Å². The molecule has 8 atom stereocenters. The maximum absolute atomic E-state index is 12.3. The van der Waals surface area contributed by atoms with Gasteiger partial charge in [0.15, 0.2) is 0 Å². The average molecular weight is 462 g/mol. The summed E-state index contributed by atoms with van der Waals surface area (Å²) in [7, 11) is 0. The highest BCUT2D eigenvalue weighted by Crippen LogP contribution is 2.70. The predicted octanol–water partition coefficient (Wildman–Crippen LogP) is 2.73. The first-order valence-electron chi connectivity index (χ1n) is 12.3. The van der Waals surface area contributed by atoms with Gasteiger partial charge in [-0.1, -0.05) is 6.92 Å². The summed E-state index contributed by atoms with van der Waals surface area (Å²) in [6.45, 7) is 3.84. The number of esters is 2. The zero-order valence-electron chi connectivity index (χ0n) is 19.5. The van der Waals surface area contributed by atoms with E-state index < -0.39 is 16.6 Å². The lowest BCUT2D eigenvalue weighted by Crippen LogP contribution is -2.69. The van der Waals surface area contributed by atoms with Crippen LogP contribution in [0.5, 0.6) is 0 Å². The Bertz CT molecular complexity index is 916. The van der Waals surface area contributed by atoms with Crippen LogP contribution in [-0.4, -0.2) is 57.5 Å². The summed E-state index contributed by atoms with van der Waals surface area (Å²) in [5.74, 6) is -0.661. The largest absolute Gasteiger partial charge is 0.462 e. The van der Waals surface area contributed by atoms with Crippen molar-refractivity contribution in [2.45, 2.75) is 88.9 Å². The molecule has 4 fully saturated rings. The quantitative estimate of drug-likeness (QED) is 0.255. The molecule has 4 aliphatic carbocycles. The number of oxime groups is 1. The molecule has 5 rings (SSSR count). The van der Waals surface area contributed by atoms with E-state index in [2.05, 4.69) is 12.1 Å². The van der Waals surface area contributed by atoms with Crippen LogP contribution >= 0.6 is 0 Å². The maximum Gasteiger partial charge on any atom is 0.331 e. The van der Waals surface area contributed by atoms with Gasteiger partial charge in [0.1, 0.15) is 12.7 Å². The monoisotopic (exact) mass is 461 g/mol. The molecule has 0 aromatic rings. The number of hydrogen-bond acceptors (Lipinski definition) is 8. The molecule has 0 aromatic carbocycles. The zero-order chi connectivity index (χ0) is 23.6. The van der Waals surface area contributed by atoms with Crippen LogP contribution in [-0.2, 0) is 19.1 Å². The van der Waals surface area contributed by atoms with Crippen molar-refractivity contribution in [3.8, 4) is 0 Å². The normalized spacial score (nSPS) is 49.1. The van der Waals surface area contributed by atoms with Crippen LogP contribution in [0.25, 0.3) is 0 Å². The van der Waals surface area contributed by atoms with Crippen molar-refractivity contribution in [1.29, 1.82) is 0 Å². The van der Waals surface area contributed by atoms with Gasteiger partial charge in [0, 0.05) is 30.3 Å². The van der Waals surface area contributed by atoms with Gasteiger partial charge in [0.25, 0.3) is 0 Å². The van der Waals surface area contributed by atoms with E-state index in [1.165, 1.54) is 13.1 Å². The van der Waals surface area contributed by atoms with E-state index in [9.17, 15) is 25.0 Å². The second-order valence-corrected chi connectivity index (χ2v) is 11.3. The van der Waals surface area contributed by atoms with Gasteiger partial charge in [-0.15, -0.1) is 5.16 Å². The van der Waals surface area contributed by atoms with Crippen molar-refractivity contribution >= 4 is 18.2 Å². The van der Waals surface area contributed by atoms with Crippen molar-refractivity contribution in [2.24, 2.45) is 33.7 Å². The van der Waals surface area contributed by atoms with E-state index in [1.807, 2.05) is 0 Å². The summed E-state index contributed by atoms with van der Waals surface area (Å²) in [5.41, 5.74) is -2.26. The SMILES string of the molecule is CC(=O)OC1CC[C@]2(/C=N/O)C3CC[C@]4(C)C(C5=CC(=O)OC5)CCC4(O)C3CCC2(O)C1. The molecule has 1 aliphatic heterocycles. The van der Waals surface area contributed by atoms with Gasteiger partial charge in [-0.3, -0.25) is 4.79 Å². The Balaban J connectivity index is 1.48. The minimum atomic E-state index is -1.16. The summed E-state index contributed by atoms with van der Waals surface area (Å²) >= 11 is 0. The summed E-state index contributed by atoms with van der Waals surface area (Å²) in [5, 5.41) is 37.2. The van der Waals surface area contributed by atoms with E-state index in [1.54, 1.807) is 6.08 Å². The molecule has 0 saturated heterocycles. The number of carbonyl (C=O) groups is 2. The van der Waals surface area contributed by atoms with Gasteiger partial charge in [0.2, 0.25) is 0 Å². The summed E-state index contributed by atoms with van der Waals surface area (Å²) in [4.78, 5) is 23.3. The molecule has 3 N–H and O–H groups in total. The lowest BCUT2D eigenvalue weighted by atomic mass is 9.41. The third kappa shape index (κ3) is 3.05. The van der Waals surface area contributed by atoms with Crippen LogP contribution in [0.3, 0.4) is 0 Å². The van der Waals surface area contributed by atoms with Crippen molar-refractivity contribution in [3.05, 3.63) is 11.6 Å². The van der Waals surface area contributed by atoms with Gasteiger partial charge in [0.05, 0.1) is 17.4 Å². The van der Waals surface area contributed by atoms with Crippen molar-refractivity contribution in [1.82, 2.24) is 0 Å². The second-order valence-electron chi connectivity index (χ2n) is 11.3. The molecule has 8 heteroatoms. The van der Waals surface area contributed by atoms with E-state index in [0.717, 1.165) is 24.8 Å². The number of carbonyl (C=O) groups excluding carboxylic acids is 2. The lowest BCUT2D eigenvalue weighted by Gasteiger charge is -2.65. The third-order valence-corrected chi connectivity index (χ3v) is 10.2. The molecule has 4 saturated carbocycles. The Hall–Kier alpha value is -1.93. The Morgan fingerprint density at radius 3 is 2.58 bits per heavy atom. The third-order valence-electron chi connectivity index (χ3n) is 10.2. The van der Waals surface area contributed by atoms with Crippen LogP contribution in [0.4, 0.5) is 0 Å². The van der Waals surface area contributed by atoms with E-state index in [0.29, 0.717) is 45.1 Å². The van der Waals surface area contributed by atoms with Gasteiger partial charge < -0.3 is 24.9 Å². The number of hydrogen-bond donors (Lipinski definition) is 3. The number of fused-ring (bicyclic) bond motifs is 5. The summed E-state index contributed by atoms with van der Waals surface area (Å²) in [6, 6.07) is 0. The Kier molecular flexibility index (Phi) is 5.22. The van der Waals surface area contributed by atoms with E-state index in [-0.39, 0.29) is 41.2 Å². The molecule has 0 aromatic heterocycles. The smallest absolute Gasteiger partial charge is 0.331 e. The second kappa shape index (κ2) is 7.54. The van der Waals surface area contributed by atoms with Crippen molar-refractivity contribution < 1.29 is 34.5 Å². The molecule has 0 bridgehead atoms. The number of nitrogens with zero attached hydrogens (tertiary/aromatic N) is 1. The predicted molar refractivity (Wildman–Crippen MR) is 117 cm³/mol. The Morgan fingerprint density at radius 1 is 1.15 bits per heavy atom. The fourth-order valence-corrected chi connectivity index (χ4v) is 8.78. The van der Waals surface area contributed by atoms with Crippen molar-refractivity contribution in [2.75, 3.05) is 6.61 Å². The molecule has 1 heterocycles. The molecular formula is C25H35NO7. The fraction of sp³-hybridized carbons (Fsp3) is 0.800. The molecular weight excluding hydrogens is 426 g/mol. The molecule has 0 spiro atoms. The first-order valence-corrected chi connectivity index (χ1v) is 12.3. The first kappa shape index (κ1) is 22.8. The highest BCUT2D eigenvalue weighted by atomic mass is 16.5. The maximum atomic E-state index is 12.3. The van der Waals surface area contributed by atoms with Gasteiger partial charge >= 0.3 is 11.9 Å². The molecule has 8 nitrogen and oxygen atoms in total. The number of ether oxygens (including phenoxy) is 2.